The minimum Gasteiger partial charge on any atom is -0.379 e. The van der Waals surface area contributed by atoms with Gasteiger partial charge in [0.2, 0.25) is 0 Å². The van der Waals surface area contributed by atoms with Crippen molar-refractivity contribution in [2.45, 2.75) is 33.7 Å². The van der Waals surface area contributed by atoms with Crippen LogP contribution in [0.4, 0.5) is 0 Å². The average Bonchev–Trinajstić information content (AvgIpc) is 3.48. The van der Waals surface area contributed by atoms with E-state index in [0.29, 0.717) is 24.5 Å². The largest absolute Gasteiger partial charge is 0.379 e. The third-order valence-corrected chi connectivity index (χ3v) is 7.57. The summed E-state index contributed by atoms with van der Waals surface area (Å²) in [6.45, 7) is 11.2. The molecule has 2 aliphatic rings. The predicted molar refractivity (Wildman–Crippen MR) is 143 cm³/mol. The van der Waals surface area contributed by atoms with E-state index >= 15 is 0 Å². The van der Waals surface area contributed by atoms with Gasteiger partial charge < -0.3 is 19.0 Å². The highest BCUT2D eigenvalue weighted by Gasteiger charge is 2.28. The zero-order chi connectivity index (χ0) is 26.3. The zero-order valence-corrected chi connectivity index (χ0v) is 22.1. The first-order valence-corrected chi connectivity index (χ1v) is 12.7. The predicted octanol–water partition coefficient (Wildman–Crippen LogP) is 3.33. The summed E-state index contributed by atoms with van der Waals surface area (Å²) in [6.07, 6.45) is 7.66. The molecule has 2 aliphatic heterocycles. The summed E-state index contributed by atoms with van der Waals surface area (Å²) < 4.78 is 9.77. The summed E-state index contributed by atoms with van der Waals surface area (Å²) in [6, 6.07) is 4.11. The minimum atomic E-state index is -0.437. The molecule has 2 amide bonds. The second kappa shape index (κ2) is 10.1. The molecule has 1 fully saturated rings. The van der Waals surface area contributed by atoms with E-state index in [1.165, 1.54) is 0 Å². The lowest BCUT2D eigenvalue weighted by atomic mass is 9.95. The number of hydrogen-bond donors (Lipinski definition) is 1. The summed E-state index contributed by atoms with van der Waals surface area (Å²) in [7, 11) is 1.97. The van der Waals surface area contributed by atoms with Crippen molar-refractivity contribution in [1.82, 2.24) is 24.2 Å². The van der Waals surface area contributed by atoms with Crippen molar-refractivity contribution in [3.63, 3.8) is 0 Å². The second-order valence-corrected chi connectivity index (χ2v) is 10.0. The maximum atomic E-state index is 13.5. The quantitative estimate of drug-likeness (QED) is 0.558. The first-order chi connectivity index (χ1) is 17.7. The Labute approximate surface area is 216 Å². The molecule has 0 saturated carbocycles. The van der Waals surface area contributed by atoms with Crippen LogP contribution in [0.2, 0.25) is 0 Å². The van der Waals surface area contributed by atoms with Crippen LogP contribution >= 0.6 is 0 Å². The second-order valence-electron chi connectivity index (χ2n) is 10.0. The molecule has 0 spiro atoms. The van der Waals surface area contributed by atoms with Gasteiger partial charge in [0.15, 0.2) is 0 Å². The summed E-state index contributed by atoms with van der Waals surface area (Å²) in [5.41, 5.74) is 7.20. The number of pyridine rings is 1. The molecule has 0 aromatic carbocycles. The molecule has 194 valence electrons. The third-order valence-electron chi connectivity index (χ3n) is 7.57. The number of aromatic nitrogens is 3. The number of carbonyl (C=O) groups is 2. The topological polar surface area (TPSA) is 93.2 Å². The van der Waals surface area contributed by atoms with Gasteiger partial charge in [-0.25, -0.2) is 9.98 Å². The van der Waals surface area contributed by atoms with Crippen LogP contribution in [0.5, 0.6) is 0 Å². The Hall–Kier alpha value is -3.56. The summed E-state index contributed by atoms with van der Waals surface area (Å²) in [4.78, 5) is 36.7. The maximum absolute atomic E-state index is 13.5. The maximum Gasteiger partial charge on any atom is 0.254 e. The smallest absolute Gasteiger partial charge is 0.254 e. The first kappa shape index (κ1) is 25.1. The number of aryl methyl sites for hydroxylation is 1. The Balaban J connectivity index is 1.52. The molecule has 1 N–H and O–H groups in total. The number of dihydropyridines is 1. The van der Waals surface area contributed by atoms with Gasteiger partial charge in [0, 0.05) is 67.0 Å². The highest BCUT2D eigenvalue weighted by atomic mass is 16.5. The molecule has 0 aliphatic carbocycles. The van der Waals surface area contributed by atoms with Crippen molar-refractivity contribution in [3.05, 3.63) is 59.3 Å². The van der Waals surface area contributed by atoms with Gasteiger partial charge in [-0.15, -0.1) is 0 Å². The molecule has 3 aromatic heterocycles. The van der Waals surface area contributed by atoms with Crippen molar-refractivity contribution in [1.29, 1.82) is 0 Å². The Morgan fingerprint density at radius 3 is 2.65 bits per heavy atom. The molecule has 9 heteroatoms. The van der Waals surface area contributed by atoms with Crippen LogP contribution in [0.25, 0.3) is 16.8 Å². The molecule has 0 bridgehead atoms. The Kier molecular flexibility index (Phi) is 6.83. The van der Waals surface area contributed by atoms with E-state index in [0.717, 1.165) is 46.7 Å². The number of aliphatic imine (C=N–C) groups is 1. The van der Waals surface area contributed by atoms with E-state index in [1.807, 2.05) is 50.7 Å². The fraction of sp³-hybridized carbons (Fsp3) is 0.429. The minimum absolute atomic E-state index is 0.0772. The van der Waals surface area contributed by atoms with Crippen molar-refractivity contribution >= 4 is 23.0 Å². The van der Waals surface area contributed by atoms with Crippen LogP contribution in [-0.4, -0.2) is 69.2 Å². The molecule has 37 heavy (non-hydrogen) atoms. The van der Waals surface area contributed by atoms with Gasteiger partial charge in [-0.05, 0) is 51.5 Å². The van der Waals surface area contributed by atoms with E-state index in [9.17, 15) is 9.59 Å². The SMILES string of the molecule is CC1=CC(C)=NC(=O)C1CNC(=O)c1cc2cc(-c3cncn3C)cn2c(C(C)N2CCOCC2)c1C. The monoisotopic (exact) mass is 502 g/mol. The summed E-state index contributed by atoms with van der Waals surface area (Å²) in [5, 5.41) is 3.01. The van der Waals surface area contributed by atoms with E-state index in [4.69, 9.17) is 4.74 Å². The van der Waals surface area contributed by atoms with E-state index in [2.05, 4.69) is 43.8 Å². The Morgan fingerprint density at radius 1 is 1.22 bits per heavy atom. The van der Waals surface area contributed by atoms with Gasteiger partial charge >= 0.3 is 0 Å². The molecule has 2 unspecified atom stereocenters. The van der Waals surface area contributed by atoms with E-state index in [1.54, 1.807) is 6.33 Å². The number of nitrogens with zero attached hydrogens (tertiary/aromatic N) is 5. The molecule has 9 nitrogen and oxygen atoms in total. The van der Waals surface area contributed by atoms with Gasteiger partial charge in [0.05, 0.1) is 37.3 Å². The van der Waals surface area contributed by atoms with Crippen LogP contribution < -0.4 is 5.32 Å². The normalized spacial score (nSPS) is 19.6. The number of amides is 2. The van der Waals surface area contributed by atoms with Crippen molar-refractivity contribution in [3.8, 4) is 11.3 Å². The van der Waals surface area contributed by atoms with Crippen molar-refractivity contribution in [2.75, 3.05) is 32.8 Å². The summed E-state index contributed by atoms with van der Waals surface area (Å²) in [5.74, 6) is -0.835. The number of fused-ring (bicyclic) bond motifs is 1. The van der Waals surface area contributed by atoms with E-state index in [-0.39, 0.29) is 24.4 Å². The molecule has 5 heterocycles. The number of imidazole rings is 1. The highest BCUT2D eigenvalue weighted by molar-refractivity contribution is 6.06. The van der Waals surface area contributed by atoms with Gasteiger partial charge in [0.1, 0.15) is 0 Å². The Bertz CT molecular complexity index is 1420. The van der Waals surface area contributed by atoms with Gasteiger partial charge in [-0.2, -0.15) is 0 Å². The number of hydrogen-bond acceptors (Lipinski definition) is 5. The number of rotatable bonds is 6. The zero-order valence-electron chi connectivity index (χ0n) is 22.1. The molecular formula is C28H34N6O3. The van der Waals surface area contributed by atoms with Crippen LogP contribution in [0, 0.1) is 12.8 Å². The number of nitrogens with one attached hydrogen (secondary N) is 1. The van der Waals surface area contributed by atoms with Gasteiger partial charge in [0.25, 0.3) is 11.8 Å². The number of carbonyl (C=O) groups excluding carboxylic acids is 2. The third kappa shape index (κ3) is 4.76. The molecular weight excluding hydrogens is 468 g/mol. The molecule has 2 atom stereocenters. The standard InChI is InChI=1S/C28H34N6O3/c1-17-10-18(2)31-28(36)24(17)13-30-27(35)23-12-22-11-21(25-14-29-16-32(25)5)15-34(22)26(19(23)3)20(4)33-6-8-37-9-7-33/h10-12,14-16,20,24H,6-9,13H2,1-5H3,(H,30,35). The lowest BCUT2D eigenvalue weighted by Gasteiger charge is -2.34. The Morgan fingerprint density at radius 2 is 1.97 bits per heavy atom. The average molecular weight is 503 g/mol. The van der Waals surface area contributed by atoms with Crippen molar-refractivity contribution < 1.29 is 14.3 Å². The fourth-order valence-corrected chi connectivity index (χ4v) is 5.49. The lowest BCUT2D eigenvalue weighted by Crippen LogP contribution is -2.39. The summed E-state index contributed by atoms with van der Waals surface area (Å²) >= 11 is 0. The molecule has 0 radical (unpaired) electrons. The lowest BCUT2D eigenvalue weighted by molar-refractivity contribution is -0.120. The van der Waals surface area contributed by atoms with E-state index < -0.39 is 5.92 Å². The number of morpholine rings is 1. The highest BCUT2D eigenvalue weighted by Crippen LogP contribution is 2.32. The number of allylic oxidation sites excluding steroid dienone is 1. The van der Waals surface area contributed by atoms with Crippen LogP contribution in [0.15, 0.2) is 47.5 Å². The molecule has 3 aromatic rings. The molecule has 5 rings (SSSR count). The van der Waals surface area contributed by atoms with Crippen molar-refractivity contribution in [2.24, 2.45) is 18.0 Å². The van der Waals surface area contributed by atoms with Crippen LogP contribution in [0.1, 0.15) is 48.4 Å². The van der Waals surface area contributed by atoms with Crippen LogP contribution in [0.3, 0.4) is 0 Å². The first-order valence-electron chi connectivity index (χ1n) is 12.7. The van der Waals surface area contributed by atoms with Gasteiger partial charge in [-0.3, -0.25) is 14.5 Å². The fourth-order valence-electron chi connectivity index (χ4n) is 5.49. The van der Waals surface area contributed by atoms with Gasteiger partial charge in [-0.1, -0.05) is 5.57 Å². The number of ether oxygens (including phenoxy) is 1. The van der Waals surface area contributed by atoms with Crippen LogP contribution in [-0.2, 0) is 16.6 Å². The molecule has 1 saturated heterocycles.